The Morgan fingerprint density at radius 2 is 1.87 bits per heavy atom. The zero-order valence-corrected chi connectivity index (χ0v) is 15.4. The van der Waals surface area contributed by atoms with Gasteiger partial charge in [-0.05, 0) is 38.0 Å². The van der Waals surface area contributed by atoms with Crippen molar-refractivity contribution in [3.05, 3.63) is 29.8 Å². The number of unbranched alkanes of at least 4 members (excludes halogenated alkanes) is 2. The van der Waals surface area contributed by atoms with Gasteiger partial charge < -0.3 is 4.90 Å². The van der Waals surface area contributed by atoms with E-state index in [1.165, 1.54) is 4.31 Å². The topological polar surface area (TPSA) is 57.7 Å². The number of rotatable bonds is 9. The number of hydrogen-bond acceptors (Lipinski definition) is 3. The number of nitrogens with zero attached hydrogens (tertiary/aromatic N) is 2. The first-order valence-corrected chi connectivity index (χ1v) is 9.96. The summed E-state index contributed by atoms with van der Waals surface area (Å²) in [4.78, 5) is 14.2. The lowest BCUT2D eigenvalue weighted by Crippen LogP contribution is -2.43. The second kappa shape index (κ2) is 9.03. The molecule has 0 spiro atoms. The van der Waals surface area contributed by atoms with Crippen LogP contribution in [0, 0.1) is 6.92 Å². The molecule has 23 heavy (non-hydrogen) atoms. The minimum Gasteiger partial charge on any atom is -0.312 e. The highest BCUT2D eigenvalue weighted by Crippen LogP contribution is 2.16. The van der Waals surface area contributed by atoms with Gasteiger partial charge in [0.1, 0.15) is 0 Å². The highest BCUT2D eigenvalue weighted by atomic mass is 32.2. The van der Waals surface area contributed by atoms with Gasteiger partial charge in [0.25, 0.3) is 0 Å². The number of carbonyl (C=O) groups is 1. The van der Waals surface area contributed by atoms with Gasteiger partial charge in [-0.3, -0.25) is 4.79 Å². The number of aryl methyl sites for hydroxylation is 1. The van der Waals surface area contributed by atoms with Crippen molar-refractivity contribution >= 4 is 21.6 Å². The SMILES string of the molecule is CCCCCN(CC(=O)N(CC)c1cccc(C)c1)S(C)(=O)=O. The molecule has 0 aliphatic heterocycles. The van der Waals surface area contributed by atoms with Crippen molar-refractivity contribution in [2.45, 2.75) is 40.0 Å². The summed E-state index contributed by atoms with van der Waals surface area (Å²) in [5.41, 5.74) is 1.87. The fourth-order valence-corrected chi connectivity index (χ4v) is 3.24. The second-order valence-electron chi connectivity index (χ2n) is 5.78. The van der Waals surface area contributed by atoms with E-state index in [9.17, 15) is 13.2 Å². The molecule has 1 rings (SSSR count). The van der Waals surface area contributed by atoms with Crippen molar-refractivity contribution in [2.75, 3.05) is 30.8 Å². The average molecular weight is 340 g/mol. The van der Waals surface area contributed by atoms with Gasteiger partial charge in [-0.25, -0.2) is 8.42 Å². The normalized spacial score (nSPS) is 11.7. The third-order valence-electron chi connectivity index (χ3n) is 3.72. The molecule has 0 saturated carbocycles. The quantitative estimate of drug-likeness (QED) is 0.650. The summed E-state index contributed by atoms with van der Waals surface area (Å²) in [6.07, 6.45) is 3.90. The Kier molecular flexibility index (Phi) is 7.72. The van der Waals surface area contributed by atoms with Crippen LogP contribution in [0.3, 0.4) is 0 Å². The molecule has 130 valence electrons. The number of anilines is 1. The summed E-state index contributed by atoms with van der Waals surface area (Å²) >= 11 is 0. The number of benzene rings is 1. The molecular weight excluding hydrogens is 312 g/mol. The monoisotopic (exact) mass is 340 g/mol. The maximum atomic E-state index is 12.6. The number of amides is 1. The van der Waals surface area contributed by atoms with Crippen molar-refractivity contribution < 1.29 is 13.2 Å². The molecule has 1 aromatic carbocycles. The molecule has 0 aliphatic carbocycles. The van der Waals surface area contributed by atoms with Crippen LogP contribution in [0.4, 0.5) is 5.69 Å². The van der Waals surface area contributed by atoms with E-state index < -0.39 is 10.0 Å². The van der Waals surface area contributed by atoms with Gasteiger partial charge in [-0.15, -0.1) is 0 Å². The Bertz CT molecular complexity index is 614. The molecular formula is C17H28N2O3S. The van der Waals surface area contributed by atoms with E-state index in [1.54, 1.807) is 4.90 Å². The van der Waals surface area contributed by atoms with Crippen LogP contribution in [0.2, 0.25) is 0 Å². The van der Waals surface area contributed by atoms with E-state index in [1.807, 2.05) is 38.1 Å². The Labute approximate surface area is 140 Å². The van der Waals surface area contributed by atoms with E-state index in [4.69, 9.17) is 0 Å². The van der Waals surface area contributed by atoms with Gasteiger partial charge in [-0.2, -0.15) is 4.31 Å². The standard InChI is InChI=1S/C17H28N2O3S/c1-5-7-8-12-18(23(4,21)22)14-17(20)19(6-2)16-11-9-10-15(3)13-16/h9-11,13H,5-8,12,14H2,1-4H3. The van der Waals surface area contributed by atoms with Gasteiger partial charge in [0.15, 0.2) is 0 Å². The maximum Gasteiger partial charge on any atom is 0.242 e. The summed E-state index contributed by atoms with van der Waals surface area (Å²) in [7, 11) is -3.39. The fraction of sp³-hybridized carbons (Fsp3) is 0.588. The molecule has 0 fully saturated rings. The molecule has 0 atom stereocenters. The minimum atomic E-state index is -3.39. The molecule has 0 aromatic heterocycles. The summed E-state index contributed by atoms with van der Waals surface area (Å²) in [5, 5.41) is 0. The van der Waals surface area contributed by atoms with Crippen molar-refractivity contribution in [2.24, 2.45) is 0 Å². The molecule has 0 N–H and O–H groups in total. The van der Waals surface area contributed by atoms with Crippen LogP contribution in [-0.4, -0.2) is 44.5 Å². The van der Waals surface area contributed by atoms with Gasteiger partial charge >= 0.3 is 0 Å². The first-order valence-electron chi connectivity index (χ1n) is 8.11. The van der Waals surface area contributed by atoms with Crippen LogP contribution in [0.1, 0.15) is 38.7 Å². The van der Waals surface area contributed by atoms with Gasteiger partial charge in [-0.1, -0.05) is 31.9 Å². The Morgan fingerprint density at radius 1 is 1.17 bits per heavy atom. The second-order valence-corrected chi connectivity index (χ2v) is 7.76. The van der Waals surface area contributed by atoms with Gasteiger partial charge in [0.2, 0.25) is 15.9 Å². The average Bonchev–Trinajstić information content (AvgIpc) is 2.46. The van der Waals surface area contributed by atoms with Crippen molar-refractivity contribution in [1.82, 2.24) is 4.31 Å². The molecule has 0 unspecified atom stereocenters. The van der Waals surface area contributed by atoms with Gasteiger partial charge in [0.05, 0.1) is 12.8 Å². The molecule has 0 aliphatic rings. The van der Waals surface area contributed by atoms with Crippen LogP contribution >= 0.6 is 0 Å². The van der Waals surface area contributed by atoms with Crippen molar-refractivity contribution in [3.63, 3.8) is 0 Å². The van der Waals surface area contributed by atoms with E-state index >= 15 is 0 Å². The Balaban J connectivity index is 2.87. The van der Waals surface area contributed by atoms with E-state index in [0.29, 0.717) is 13.1 Å². The zero-order valence-electron chi connectivity index (χ0n) is 14.6. The largest absolute Gasteiger partial charge is 0.312 e. The number of carbonyl (C=O) groups excluding carboxylic acids is 1. The molecule has 0 bridgehead atoms. The van der Waals surface area contributed by atoms with Crippen molar-refractivity contribution in [1.29, 1.82) is 0 Å². The third-order valence-corrected chi connectivity index (χ3v) is 4.97. The highest BCUT2D eigenvalue weighted by molar-refractivity contribution is 7.88. The van der Waals surface area contributed by atoms with E-state index in [2.05, 4.69) is 6.92 Å². The van der Waals surface area contributed by atoms with Crippen LogP contribution < -0.4 is 4.90 Å². The predicted octanol–water partition coefficient (Wildman–Crippen LogP) is 2.80. The molecule has 1 amide bonds. The summed E-state index contributed by atoms with van der Waals surface area (Å²) in [6, 6.07) is 7.67. The molecule has 0 radical (unpaired) electrons. The lowest BCUT2D eigenvalue weighted by molar-refractivity contribution is -0.118. The Morgan fingerprint density at radius 3 is 2.39 bits per heavy atom. The van der Waals surface area contributed by atoms with Crippen molar-refractivity contribution in [3.8, 4) is 0 Å². The maximum absolute atomic E-state index is 12.6. The number of likely N-dealkylation sites (N-methyl/N-ethyl adjacent to an activating group) is 1. The van der Waals surface area contributed by atoms with Gasteiger partial charge in [0, 0.05) is 18.8 Å². The van der Waals surface area contributed by atoms with Crippen LogP contribution in [0.25, 0.3) is 0 Å². The summed E-state index contributed by atoms with van der Waals surface area (Å²) in [6.45, 7) is 6.72. The molecule has 0 heterocycles. The third kappa shape index (κ3) is 6.31. The molecule has 6 heteroatoms. The van der Waals surface area contributed by atoms with Crippen LogP contribution in [0.5, 0.6) is 0 Å². The van der Waals surface area contributed by atoms with E-state index in [-0.39, 0.29) is 12.5 Å². The lowest BCUT2D eigenvalue weighted by Gasteiger charge is -2.25. The summed E-state index contributed by atoms with van der Waals surface area (Å²) < 4.78 is 25.1. The van der Waals surface area contributed by atoms with E-state index in [0.717, 1.165) is 36.8 Å². The smallest absolute Gasteiger partial charge is 0.242 e. The minimum absolute atomic E-state index is 0.107. The van der Waals surface area contributed by atoms with Crippen LogP contribution in [-0.2, 0) is 14.8 Å². The lowest BCUT2D eigenvalue weighted by atomic mass is 10.2. The van der Waals surface area contributed by atoms with Crippen LogP contribution in [0.15, 0.2) is 24.3 Å². The first-order chi connectivity index (χ1) is 10.8. The predicted molar refractivity (Wildman–Crippen MR) is 95.1 cm³/mol. The number of sulfonamides is 1. The molecule has 0 saturated heterocycles. The Hall–Kier alpha value is -1.40. The molecule has 1 aromatic rings. The fourth-order valence-electron chi connectivity index (χ4n) is 2.44. The molecule has 5 nitrogen and oxygen atoms in total. The first kappa shape index (κ1) is 19.6. The summed E-state index contributed by atoms with van der Waals surface area (Å²) in [5.74, 6) is -0.194. The number of hydrogen-bond donors (Lipinski definition) is 0. The highest BCUT2D eigenvalue weighted by Gasteiger charge is 2.23. The zero-order chi connectivity index (χ0) is 17.5.